The van der Waals surface area contributed by atoms with Crippen molar-refractivity contribution in [3.63, 3.8) is 0 Å². The van der Waals surface area contributed by atoms with Crippen LogP contribution in [0.1, 0.15) is 0 Å². The minimum Gasteiger partial charge on any atom is -0.394 e. The second-order valence-corrected chi connectivity index (χ2v) is 3.11. The lowest BCUT2D eigenvalue weighted by Gasteiger charge is -2.37. The molecule has 4 N–H and O–H groups in total. The molecule has 1 saturated heterocycles. The molecule has 0 radical (unpaired) electrons. The van der Waals surface area contributed by atoms with E-state index in [1.54, 1.807) is 0 Å². The third-order valence-corrected chi connectivity index (χ3v) is 2.20. The van der Waals surface area contributed by atoms with Crippen molar-refractivity contribution in [2.75, 3.05) is 6.61 Å². The van der Waals surface area contributed by atoms with Gasteiger partial charge in [-0.1, -0.05) is 11.6 Å². The van der Waals surface area contributed by atoms with Crippen LogP contribution in [0.3, 0.4) is 0 Å². The zero-order valence-corrected chi connectivity index (χ0v) is 6.92. The van der Waals surface area contributed by atoms with E-state index in [9.17, 15) is 5.11 Å². The Morgan fingerprint density at radius 2 is 1.67 bits per heavy atom. The molecular formula is C6H11ClO5. The fraction of sp³-hybridized carbons (Fsp3) is 1.00. The monoisotopic (exact) mass is 198 g/mol. The summed E-state index contributed by atoms with van der Waals surface area (Å²) in [6, 6.07) is 0. The van der Waals surface area contributed by atoms with E-state index in [0.29, 0.717) is 0 Å². The van der Waals surface area contributed by atoms with Crippen molar-refractivity contribution in [3.8, 4) is 0 Å². The van der Waals surface area contributed by atoms with Crippen molar-refractivity contribution in [1.82, 2.24) is 0 Å². The molecule has 0 amide bonds. The van der Waals surface area contributed by atoms with Crippen molar-refractivity contribution in [2.45, 2.75) is 30.0 Å². The molecule has 1 aliphatic heterocycles. The van der Waals surface area contributed by atoms with Crippen molar-refractivity contribution in [3.05, 3.63) is 0 Å². The molecule has 5 nitrogen and oxygen atoms in total. The topological polar surface area (TPSA) is 90.2 Å². The van der Waals surface area contributed by atoms with Crippen LogP contribution >= 0.6 is 11.6 Å². The second-order valence-electron chi connectivity index (χ2n) is 2.68. The molecule has 0 spiro atoms. The molecule has 6 heteroatoms. The van der Waals surface area contributed by atoms with Gasteiger partial charge in [0, 0.05) is 0 Å². The van der Waals surface area contributed by atoms with Gasteiger partial charge in [-0.2, -0.15) is 0 Å². The van der Waals surface area contributed by atoms with Crippen LogP contribution in [0, 0.1) is 0 Å². The molecule has 1 fully saturated rings. The molecule has 1 heterocycles. The molecule has 5 atom stereocenters. The summed E-state index contributed by atoms with van der Waals surface area (Å²) in [6.45, 7) is -0.450. The molecule has 0 unspecified atom stereocenters. The predicted molar refractivity (Wildman–Crippen MR) is 39.6 cm³/mol. The molecule has 12 heavy (non-hydrogen) atoms. The summed E-state index contributed by atoms with van der Waals surface area (Å²) < 4.78 is 4.79. The first-order valence-corrected chi connectivity index (χ1v) is 3.96. The van der Waals surface area contributed by atoms with Crippen LogP contribution in [0.4, 0.5) is 0 Å². The Kier molecular flexibility index (Phi) is 3.28. The number of alkyl halides is 1. The molecule has 0 aromatic rings. The highest BCUT2D eigenvalue weighted by Gasteiger charge is 2.42. The summed E-state index contributed by atoms with van der Waals surface area (Å²) in [7, 11) is 0. The first kappa shape index (κ1) is 10.2. The largest absolute Gasteiger partial charge is 0.394 e. The van der Waals surface area contributed by atoms with Gasteiger partial charge < -0.3 is 25.2 Å². The van der Waals surface area contributed by atoms with Gasteiger partial charge in [-0.3, -0.25) is 0 Å². The third kappa shape index (κ3) is 1.71. The Morgan fingerprint density at radius 1 is 1.08 bits per heavy atom. The van der Waals surface area contributed by atoms with E-state index in [1.165, 1.54) is 0 Å². The maximum Gasteiger partial charge on any atom is 0.160 e. The van der Waals surface area contributed by atoms with Gasteiger partial charge in [0.05, 0.1) is 6.61 Å². The van der Waals surface area contributed by atoms with Crippen LogP contribution in [0.15, 0.2) is 0 Å². The average Bonchev–Trinajstić information content (AvgIpc) is 2.08. The van der Waals surface area contributed by atoms with Gasteiger partial charge in [0.15, 0.2) is 5.56 Å². The van der Waals surface area contributed by atoms with Gasteiger partial charge in [-0.15, -0.1) is 0 Å². The van der Waals surface area contributed by atoms with Gasteiger partial charge in [-0.05, 0) is 0 Å². The van der Waals surface area contributed by atoms with Gasteiger partial charge in [0.1, 0.15) is 24.4 Å². The Morgan fingerprint density at radius 3 is 2.17 bits per heavy atom. The average molecular weight is 199 g/mol. The van der Waals surface area contributed by atoms with Crippen LogP contribution < -0.4 is 0 Å². The lowest BCUT2D eigenvalue weighted by atomic mass is 10.0. The highest BCUT2D eigenvalue weighted by molar-refractivity contribution is 6.20. The van der Waals surface area contributed by atoms with Crippen LogP contribution in [0.2, 0.25) is 0 Å². The smallest absolute Gasteiger partial charge is 0.160 e. The zero-order valence-electron chi connectivity index (χ0n) is 6.17. The summed E-state index contributed by atoms with van der Waals surface area (Å²) in [5.74, 6) is 0. The minimum absolute atomic E-state index is 0.450. The summed E-state index contributed by atoms with van der Waals surface area (Å²) in [5.41, 5.74) is -1.10. The van der Waals surface area contributed by atoms with Crippen LogP contribution in [-0.4, -0.2) is 57.0 Å². The van der Waals surface area contributed by atoms with Crippen LogP contribution in [0.5, 0.6) is 0 Å². The molecule has 0 aromatic heterocycles. The lowest BCUT2D eigenvalue weighted by molar-refractivity contribution is -0.207. The second kappa shape index (κ2) is 3.87. The van der Waals surface area contributed by atoms with E-state index in [1.807, 2.05) is 0 Å². The number of halogens is 1. The quantitative estimate of drug-likeness (QED) is 0.367. The number of aliphatic hydroxyl groups is 4. The molecule has 0 aliphatic carbocycles. The fourth-order valence-corrected chi connectivity index (χ4v) is 1.34. The third-order valence-electron chi connectivity index (χ3n) is 1.83. The van der Waals surface area contributed by atoms with Gasteiger partial charge in [0.2, 0.25) is 0 Å². The lowest BCUT2D eigenvalue weighted by Crippen LogP contribution is -2.56. The maximum absolute atomic E-state index is 9.17. The van der Waals surface area contributed by atoms with Gasteiger partial charge in [-0.25, -0.2) is 0 Å². The molecule has 0 aromatic carbocycles. The SMILES string of the molecule is OC[C@H]1O[C@@H](Cl)[C@H](O)[C@@H](O)[C@H]1O. The van der Waals surface area contributed by atoms with E-state index in [2.05, 4.69) is 0 Å². The number of ether oxygens (including phenoxy) is 1. The maximum atomic E-state index is 9.17. The van der Waals surface area contributed by atoms with Gasteiger partial charge >= 0.3 is 0 Å². The first-order valence-electron chi connectivity index (χ1n) is 3.52. The number of hydrogen-bond donors (Lipinski definition) is 4. The summed E-state index contributed by atoms with van der Waals surface area (Å²) >= 11 is 5.45. The summed E-state index contributed by atoms with van der Waals surface area (Å²) in [4.78, 5) is 0. The van der Waals surface area contributed by atoms with E-state index >= 15 is 0 Å². The number of aliphatic hydroxyl groups excluding tert-OH is 4. The standard InChI is InChI=1S/C6H11ClO5/c7-6-5(11)4(10)3(9)2(1-8)12-6/h2-6,8-11H,1H2/t2-,3+,4+,5-,6-/m1/s1. The van der Waals surface area contributed by atoms with E-state index in [4.69, 9.17) is 31.7 Å². The normalized spacial score (nSPS) is 49.2. The fourth-order valence-electron chi connectivity index (χ4n) is 1.06. The van der Waals surface area contributed by atoms with E-state index in [-0.39, 0.29) is 0 Å². The Bertz CT molecular complexity index is 150. The van der Waals surface area contributed by atoms with E-state index < -0.39 is 36.6 Å². The molecule has 1 aliphatic rings. The molecule has 1 rings (SSSR count). The zero-order chi connectivity index (χ0) is 9.30. The molecule has 0 bridgehead atoms. The predicted octanol–water partition coefficient (Wildman–Crippen LogP) is -1.97. The molecule has 72 valence electrons. The Hall–Kier alpha value is 0.0900. The first-order chi connectivity index (χ1) is 5.57. The molecule has 0 saturated carbocycles. The van der Waals surface area contributed by atoms with Crippen molar-refractivity contribution < 1.29 is 25.2 Å². The van der Waals surface area contributed by atoms with Gasteiger partial charge in [0.25, 0.3) is 0 Å². The summed E-state index contributed by atoms with van der Waals surface area (Å²) in [6.07, 6.45) is -4.95. The summed E-state index contributed by atoms with van der Waals surface area (Å²) in [5, 5.41) is 36.0. The van der Waals surface area contributed by atoms with E-state index in [0.717, 1.165) is 0 Å². The number of hydrogen-bond acceptors (Lipinski definition) is 5. The van der Waals surface area contributed by atoms with Crippen LogP contribution in [-0.2, 0) is 4.74 Å². The van der Waals surface area contributed by atoms with Crippen LogP contribution in [0.25, 0.3) is 0 Å². The Balaban J connectivity index is 2.63. The van der Waals surface area contributed by atoms with Crippen molar-refractivity contribution in [1.29, 1.82) is 0 Å². The minimum atomic E-state index is -1.38. The van der Waals surface area contributed by atoms with Crippen molar-refractivity contribution in [2.24, 2.45) is 0 Å². The highest BCUT2D eigenvalue weighted by atomic mass is 35.5. The molecular weight excluding hydrogens is 188 g/mol. The van der Waals surface area contributed by atoms with Crippen molar-refractivity contribution >= 4 is 11.6 Å². The Labute approximate surface area is 74.2 Å². The highest BCUT2D eigenvalue weighted by Crippen LogP contribution is 2.22. The number of rotatable bonds is 1.